The van der Waals surface area contributed by atoms with E-state index in [4.69, 9.17) is 16.3 Å². The molecule has 0 aliphatic carbocycles. The zero-order chi connectivity index (χ0) is 14.8. The summed E-state index contributed by atoms with van der Waals surface area (Å²) in [6.45, 7) is 1.34. The van der Waals surface area contributed by atoms with Crippen LogP contribution in [0.2, 0.25) is 0 Å². The monoisotopic (exact) mass is 307 g/mol. The zero-order valence-electron chi connectivity index (χ0n) is 10.0. The molecular formula is C10H10ClNO6S. The van der Waals surface area contributed by atoms with Crippen molar-refractivity contribution >= 4 is 32.4 Å². The highest BCUT2D eigenvalue weighted by Gasteiger charge is 2.28. The number of hydrogen-bond donors (Lipinski definition) is 0. The highest BCUT2D eigenvalue weighted by molar-refractivity contribution is 7.91. The highest BCUT2D eigenvalue weighted by Crippen LogP contribution is 2.33. The van der Waals surface area contributed by atoms with Gasteiger partial charge in [-0.2, -0.15) is 0 Å². The fraction of sp³-hybridized carbons (Fsp3) is 0.300. The van der Waals surface area contributed by atoms with E-state index >= 15 is 0 Å². The Kier molecular flexibility index (Phi) is 4.48. The molecule has 0 aromatic heterocycles. The Hall–Kier alpha value is -1.67. The molecule has 7 nitrogen and oxygen atoms in total. The second kappa shape index (κ2) is 5.54. The Balaban J connectivity index is 3.75. The molecule has 0 spiro atoms. The highest BCUT2D eigenvalue weighted by atomic mass is 35.5. The van der Waals surface area contributed by atoms with Crippen molar-refractivity contribution in [2.45, 2.75) is 11.8 Å². The molecule has 19 heavy (non-hydrogen) atoms. The minimum Gasteiger partial charge on any atom is -0.496 e. The molecule has 1 aromatic rings. The van der Waals surface area contributed by atoms with E-state index in [1.54, 1.807) is 0 Å². The van der Waals surface area contributed by atoms with Crippen LogP contribution in [-0.2, 0) is 9.84 Å². The Morgan fingerprint density at radius 2 is 2.05 bits per heavy atom. The zero-order valence-corrected chi connectivity index (χ0v) is 11.6. The van der Waals surface area contributed by atoms with E-state index < -0.39 is 30.6 Å². The maximum atomic E-state index is 11.8. The molecule has 0 heterocycles. The van der Waals surface area contributed by atoms with E-state index in [1.807, 2.05) is 0 Å². The smallest absolute Gasteiger partial charge is 0.291 e. The summed E-state index contributed by atoms with van der Waals surface area (Å²) >= 11 is 5.30. The summed E-state index contributed by atoms with van der Waals surface area (Å²) in [5.74, 6) is -0.488. The van der Waals surface area contributed by atoms with Crippen molar-refractivity contribution in [2.75, 3.05) is 12.9 Å². The fourth-order valence-corrected chi connectivity index (χ4v) is 2.63. The molecule has 104 valence electrons. The summed E-state index contributed by atoms with van der Waals surface area (Å²) < 4.78 is 28.4. The fourth-order valence-electron chi connectivity index (χ4n) is 1.42. The maximum absolute atomic E-state index is 11.8. The number of nitro benzene ring substituents is 1. The van der Waals surface area contributed by atoms with Crippen molar-refractivity contribution in [3.8, 4) is 5.75 Å². The molecule has 0 aliphatic heterocycles. The van der Waals surface area contributed by atoms with Gasteiger partial charge in [0.1, 0.15) is 10.6 Å². The molecule has 0 unspecified atom stereocenters. The van der Waals surface area contributed by atoms with Gasteiger partial charge in [0, 0.05) is 0 Å². The van der Waals surface area contributed by atoms with Gasteiger partial charge < -0.3 is 4.74 Å². The van der Waals surface area contributed by atoms with E-state index in [0.29, 0.717) is 0 Å². The van der Waals surface area contributed by atoms with E-state index in [-0.39, 0.29) is 17.1 Å². The van der Waals surface area contributed by atoms with Gasteiger partial charge in [-0.3, -0.25) is 14.9 Å². The van der Waals surface area contributed by atoms with Gasteiger partial charge in [0.15, 0.2) is 9.84 Å². The van der Waals surface area contributed by atoms with Crippen molar-refractivity contribution in [1.29, 1.82) is 0 Å². The van der Waals surface area contributed by atoms with Gasteiger partial charge in [-0.25, -0.2) is 8.42 Å². The Morgan fingerprint density at radius 3 is 2.42 bits per heavy atom. The van der Waals surface area contributed by atoms with E-state index in [2.05, 4.69) is 0 Å². The predicted octanol–water partition coefficient (Wildman–Crippen LogP) is 1.78. The normalized spacial score (nSPS) is 11.1. The number of halogens is 1. The molecule has 0 fully saturated rings. The first-order chi connectivity index (χ1) is 8.74. The third-order valence-electron chi connectivity index (χ3n) is 2.40. The predicted molar refractivity (Wildman–Crippen MR) is 67.6 cm³/mol. The molecule has 0 saturated heterocycles. The van der Waals surface area contributed by atoms with Crippen LogP contribution in [0.25, 0.3) is 0 Å². The van der Waals surface area contributed by atoms with Gasteiger partial charge in [0.25, 0.3) is 10.9 Å². The summed E-state index contributed by atoms with van der Waals surface area (Å²) in [7, 11) is -2.67. The van der Waals surface area contributed by atoms with Gasteiger partial charge in [0.05, 0.1) is 29.4 Å². The molecule has 0 saturated carbocycles. The summed E-state index contributed by atoms with van der Waals surface area (Å²) in [5, 5.41) is 9.94. The number of sulfone groups is 1. The van der Waals surface area contributed by atoms with Crippen LogP contribution in [0.1, 0.15) is 17.3 Å². The Labute approximate surface area is 114 Å². The van der Waals surface area contributed by atoms with Crippen LogP contribution in [0.15, 0.2) is 17.0 Å². The Bertz CT molecular complexity index is 640. The van der Waals surface area contributed by atoms with Gasteiger partial charge in [0.2, 0.25) is 0 Å². The number of rotatable bonds is 5. The first-order valence-corrected chi connectivity index (χ1v) is 7.06. The van der Waals surface area contributed by atoms with Gasteiger partial charge in [-0.15, -0.1) is 0 Å². The molecule has 0 aliphatic rings. The minimum atomic E-state index is -3.86. The van der Waals surface area contributed by atoms with Crippen LogP contribution in [0.3, 0.4) is 0 Å². The number of nitro groups is 1. The van der Waals surface area contributed by atoms with Gasteiger partial charge >= 0.3 is 0 Å². The number of carbonyl (C=O) groups is 1. The number of ether oxygens (including phenoxy) is 1. The van der Waals surface area contributed by atoms with E-state index in [9.17, 15) is 23.3 Å². The molecule has 0 radical (unpaired) electrons. The molecule has 0 amide bonds. The third-order valence-corrected chi connectivity index (χ3v) is 4.37. The first-order valence-electron chi connectivity index (χ1n) is 5.03. The lowest BCUT2D eigenvalue weighted by molar-refractivity contribution is -0.387. The van der Waals surface area contributed by atoms with Gasteiger partial charge in [-0.1, -0.05) is 6.92 Å². The Morgan fingerprint density at radius 1 is 1.47 bits per heavy atom. The number of carbonyl (C=O) groups excluding carboxylic acids is 1. The van der Waals surface area contributed by atoms with Crippen molar-refractivity contribution in [3.63, 3.8) is 0 Å². The minimum absolute atomic E-state index is 0.151. The molecule has 0 atom stereocenters. The number of benzene rings is 1. The van der Waals surface area contributed by atoms with Crippen LogP contribution >= 0.6 is 11.6 Å². The second-order valence-electron chi connectivity index (χ2n) is 3.45. The lowest BCUT2D eigenvalue weighted by Crippen LogP contribution is -2.09. The second-order valence-corrected chi connectivity index (χ2v) is 6.04. The van der Waals surface area contributed by atoms with Crippen molar-refractivity contribution in [3.05, 3.63) is 27.8 Å². The lowest BCUT2D eigenvalue weighted by Gasteiger charge is -2.08. The topological polar surface area (TPSA) is 104 Å². The molecular weight excluding hydrogens is 298 g/mol. The molecule has 0 N–H and O–H groups in total. The molecule has 1 aromatic carbocycles. The summed E-state index contributed by atoms with van der Waals surface area (Å²) in [4.78, 5) is 20.7. The number of nitrogens with zero attached hydrogens (tertiary/aromatic N) is 1. The van der Waals surface area contributed by atoms with Crippen LogP contribution in [0.5, 0.6) is 5.75 Å². The van der Waals surface area contributed by atoms with Crippen LogP contribution in [0.4, 0.5) is 5.69 Å². The molecule has 9 heteroatoms. The summed E-state index contributed by atoms with van der Waals surface area (Å²) in [6.07, 6.45) is 0. The molecule has 1 rings (SSSR count). The number of methoxy groups -OCH3 is 1. The maximum Gasteiger partial charge on any atom is 0.291 e. The van der Waals surface area contributed by atoms with E-state index in [0.717, 1.165) is 12.1 Å². The standard InChI is InChI=1S/C10H10ClNO6S/c1-3-19(16,17)9-4-6(10(11)13)8(18-2)5-7(9)12(14)15/h4-5H,3H2,1-2H3. The quantitative estimate of drug-likeness (QED) is 0.466. The summed E-state index contributed by atoms with van der Waals surface area (Å²) in [5.41, 5.74) is -0.887. The summed E-state index contributed by atoms with van der Waals surface area (Å²) in [6, 6.07) is 1.74. The lowest BCUT2D eigenvalue weighted by atomic mass is 10.2. The average Bonchev–Trinajstić information content (AvgIpc) is 2.36. The van der Waals surface area contributed by atoms with Crippen LogP contribution < -0.4 is 4.74 Å². The van der Waals surface area contributed by atoms with Crippen LogP contribution in [-0.4, -0.2) is 31.4 Å². The van der Waals surface area contributed by atoms with E-state index in [1.165, 1.54) is 14.0 Å². The number of hydrogen-bond acceptors (Lipinski definition) is 6. The van der Waals surface area contributed by atoms with Gasteiger partial charge in [-0.05, 0) is 17.7 Å². The molecule has 0 bridgehead atoms. The average molecular weight is 308 g/mol. The first kappa shape index (κ1) is 15.4. The van der Waals surface area contributed by atoms with Crippen molar-refractivity contribution in [2.24, 2.45) is 0 Å². The third kappa shape index (κ3) is 3.02. The van der Waals surface area contributed by atoms with Crippen molar-refractivity contribution in [1.82, 2.24) is 0 Å². The largest absolute Gasteiger partial charge is 0.496 e. The SMILES string of the molecule is CCS(=O)(=O)c1cc(C(=O)Cl)c(OC)cc1[N+](=O)[O-]. The van der Waals surface area contributed by atoms with Crippen LogP contribution in [0, 0.1) is 10.1 Å². The van der Waals surface area contributed by atoms with Crippen molar-refractivity contribution < 1.29 is 22.9 Å².